The second-order valence-electron chi connectivity index (χ2n) is 5.45. The van der Waals surface area contributed by atoms with Gasteiger partial charge in [0.2, 0.25) is 5.91 Å². The van der Waals surface area contributed by atoms with Crippen molar-refractivity contribution < 1.29 is 4.79 Å². The fraction of sp³-hybridized carbons (Fsp3) is 0.643. The van der Waals surface area contributed by atoms with Crippen LogP contribution in [0, 0.1) is 5.92 Å². The Labute approximate surface area is 120 Å². The number of rotatable bonds is 7. The second-order valence-corrected chi connectivity index (χ2v) is 5.45. The molecular weight excluding hydrogens is 254 g/mol. The molecular formula is C14H25N5O. The lowest BCUT2D eigenvalue weighted by Crippen LogP contribution is -2.32. The van der Waals surface area contributed by atoms with Gasteiger partial charge in [-0.1, -0.05) is 27.7 Å². The lowest BCUT2D eigenvalue weighted by atomic mass is 10.2. The number of hydrogen-bond donors (Lipinski definition) is 3. The topological polar surface area (TPSA) is 78.9 Å². The van der Waals surface area contributed by atoms with Gasteiger partial charge in [0.05, 0.1) is 6.54 Å². The van der Waals surface area contributed by atoms with Crippen LogP contribution < -0.4 is 16.0 Å². The zero-order chi connectivity index (χ0) is 15.1. The van der Waals surface area contributed by atoms with Crippen LogP contribution in [0.15, 0.2) is 6.07 Å². The Morgan fingerprint density at radius 1 is 1.20 bits per heavy atom. The Hall–Kier alpha value is -1.85. The van der Waals surface area contributed by atoms with Gasteiger partial charge in [0, 0.05) is 25.6 Å². The lowest BCUT2D eigenvalue weighted by molar-refractivity contribution is -0.119. The number of amides is 1. The first-order valence-electron chi connectivity index (χ1n) is 6.99. The van der Waals surface area contributed by atoms with Crippen LogP contribution in [-0.2, 0) is 4.79 Å². The maximum absolute atomic E-state index is 11.7. The number of nitrogens with zero attached hydrogens (tertiary/aromatic N) is 2. The van der Waals surface area contributed by atoms with Gasteiger partial charge in [-0.2, -0.15) is 0 Å². The number of nitrogens with one attached hydrogen (secondary N) is 3. The molecule has 0 saturated heterocycles. The lowest BCUT2D eigenvalue weighted by Gasteiger charge is -2.12. The van der Waals surface area contributed by atoms with Gasteiger partial charge in [-0.25, -0.2) is 9.97 Å². The van der Waals surface area contributed by atoms with Gasteiger partial charge in [-0.05, 0) is 5.92 Å². The number of aromatic nitrogens is 2. The number of carbonyl (C=O) groups is 1. The molecule has 1 aromatic rings. The van der Waals surface area contributed by atoms with Gasteiger partial charge in [0.15, 0.2) is 0 Å². The first-order valence-corrected chi connectivity index (χ1v) is 6.99. The van der Waals surface area contributed by atoms with Crippen molar-refractivity contribution in [1.82, 2.24) is 15.3 Å². The average molecular weight is 279 g/mol. The first kappa shape index (κ1) is 16.2. The van der Waals surface area contributed by atoms with Crippen LogP contribution in [0.3, 0.4) is 0 Å². The Morgan fingerprint density at radius 2 is 1.85 bits per heavy atom. The van der Waals surface area contributed by atoms with Gasteiger partial charge in [-0.15, -0.1) is 0 Å². The van der Waals surface area contributed by atoms with Gasteiger partial charge in [0.1, 0.15) is 17.5 Å². The fourth-order valence-corrected chi connectivity index (χ4v) is 1.49. The van der Waals surface area contributed by atoms with Crippen LogP contribution in [0.5, 0.6) is 0 Å². The summed E-state index contributed by atoms with van der Waals surface area (Å²) >= 11 is 0. The van der Waals surface area contributed by atoms with E-state index in [9.17, 15) is 4.79 Å². The van der Waals surface area contributed by atoms with E-state index in [0.717, 1.165) is 11.6 Å². The van der Waals surface area contributed by atoms with Crippen molar-refractivity contribution in [3.8, 4) is 0 Å². The molecule has 0 radical (unpaired) electrons. The Kier molecular flexibility index (Phi) is 6.21. The van der Waals surface area contributed by atoms with Gasteiger partial charge < -0.3 is 16.0 Å². The summed E-state index contributed by atoms with van der Waals surface area (Å²) in [5, 5.41) is 8.89. The van der Waals surface area contributed by atoms with Crippen molar-refractivity contribution >= 4 is 17.5 Å². The van der Waals surface area contributed by atoms with Crippen LogP contribution in [0.25, 0.3) is 0 Å². The fourth-order valence-electron chi connectivity index (χ4n) is 1.49. The molecule has 1 amide bonds. The summed E-state index contributed by atoms with van der Waals surface area (Å²) in [7, 11) is 1.81. The Balaban J connectivity index is 2.63. The van der Waals surface area contributed by atoms with E-state index in [2.05, 4.69) is 39.8 Å². The van der Waals surface area contributed by atoms with E-state index >= 15 is 0 Å². The highest BCUT2D eigenvalue weighted by molar-refractivity contribution is 5.80. The van der Waals surface area contributed by atoms with Crippen molar-refractivity contribution in [1.29, 1.82) is 0 Å². The molecule has 20 heavy (non-hydrogen) atoms. The van der Waals surface area contributed by atoms with Crippen LogP contribution in [0.2, 0.25) is 0 Å². The summed E-state index contributed by atoms with van der Waals surface area (Å²) in [5.41, 5.74) is 0. The van der Waals surface area contributed by atoms with E-state index in [1.165, 1.54) is 0 Å². The van der Waals surface area contributed by atoms with E-state index in [1.807, 2.05) is 20.9 Å². The minimum atomic E-state index is -0.0329. The van der Waals surface area contributed by atoms with Crippen molar-refractivity contribution in [2.75, 3.05) is 30.8 Å². The molecule has 0 aromatic carbocycles. The molecule has 6 nitrogen and oxygen atoms in total. The zero-order valence-corrected chi connectivity index (χ0v) is 12.9. The van der Waals surface area contributed by atoms with Crippen LogP contribution in [0.1, 0.15) is 39.4 Å². The summed E-state index contributed by atoms with van der Waals surface area (Å²) in [6.45, 7) is 9.09. The monoisotopic (exact) mass is 279 g/mol. The van der Waals surface area contributed by atoms with Crippen molar-refractivity contribution in [3.05, 3.63) is 11.9 Å². The number of hydrogen-bond acceptors (Lipinski definition) is 5. The van der Waals surface area contributed by atoms with Gasteiger partial charge in [0.25, 0.3) is 0 Å². The molecule has 0 aliphatic heterocycles. The highest BCUT2D eigenvalue weighted by Gasteiger charge is 2.08. The molecule has 0 unspecified atom stereocenters. The largest absolute Gasteiger partial charge is 0.373 e. The molecule has 6 heteroatoms. The molecule has 1 heterocycles. The predicted octanol–water partition coefficient (Wildman–Crippen LogP) is 1.83. The third-order valence-electron chi connectivity index (χ3n) is 2.65. The summed E-state index contributed by atoms with van der Waals surface area (Å²) in [4.78, 5) is 20.4. The van der Waals surface area contributed by atoms with Crippen LogP contribution in [0.4, 0.5) is 11.6 Å². The minimum absolute atomic E-state index is 0.0329. The SMILES string of the molecule is CNc1cc(NCC(=O)NCC(C)C)nc(C(C)C)n1. The van der Waals surface area contributed by atoms with Gasteiger partial charge in [-0.3, -0.25) is 4.79 Å². The highest BCUT2D eigenvalue weighted by Crippen LogP contribution is 2.16. The highest BCUT2D eigenvalue weighted by atomic mass is 16.1. The molecule has 3 N–H and O–H groups in total. The van der Waals surface area contributed by atoms with Crippen molar-refractivity contribution in [2.24, 2.45) is 5.92 Å². The second kappa shape index (κ2) is 7.67. The van der Waals surface area contributed by atoms with Crippen molar-refractivity contribution in [3.63, 3.8) is 0 Å². The van der Waals surface area contributed by atoms with Gasteiger partial charge >= 0.3 is 0 Å². The average Bonchev–Trinajstić information content (AvgIpc) is 2.42. The maximum atomic E-state index is 11.7. The molecule has 112 valence electrons. The van der Waals surface area contributed by atoms with E-state index in [-0.39, 0.29) is 18.4 Å². The number of anilines is 2. The molecule has 0 bridgehead atoms. The predicted molar refractivity (Wildman–Crippen MR) is 82.0 cm³/mol. The molecule has 0 saturated carbocycles. The van der Waals surface area contributed by atoms with E-state index in [1.54, 1.807) is 6.07 Å². The summed E-state index contributed by atoms with van der Waals surface area (Å²) in [5.74, 6) is 2.80. The first-order chi connectivity index (χ1) is 9.42. The van der Waals surface area contributed by atoms with E-state index in [0.29, 0.717) is 18.3 Å². The summed E-state index contributed by atoms with van der Waals surface area (Å²) in [6, 6.07) is 1.79. The third-order valence-corrected chi connectivity index (χ3v) is 2.65. The Bertz CT molecular complexity index is 445. The van der Waals surface area contributed by atoms with E-state index in [4.69, 9.17) is 0 Å². The molecule has 0 aliphatic rings. The third kappa shape index (κ3) is 5.42. The van der Waals surface area contributed by atoms with Crippen LogP contribution >= 0.6 is 0 Å². The maximum Gasteiger partial charge on any atom is 0.239 e. The normalized spacial score (nSPS) is 10.8. The van der Waals surface area contributed by atoms with Crippen molar-refractivity contribution in [2.45, 2.75) is 33.6 Å². The summed E-state index contributed by atoms with van der Waals surface area (Å²) in [6.07, 6.45) is 0. The van der Waals surface area contributed by atoms with Crippen LogP contribution in [-0.4, -0.2) is 36.0 Å². The zero-order valence-electron chi connectivity index (χ0n) is 12.9. The molecule has 0 aliphatic carbocycles. The minimum Gasteiger partial charge on any atom is -0.373 e. The standard InChI is InChI=1S/C14H25N5O/c1-9(2)7-17-13(20)8-16-12-6-11(15-5)18-14(19-12)10(3)4/h6,9-10H,7-8H2,1-5H3,(H,17,20)(H2,15,16,18,19). The Morgan fingerprint density at radius 3 is 2.40 bits per heavy atom. The molecule has 0 atom stereocenters. The number of carbonyl (C=O) groups excluding carboxylic acids is 1. The van der Waals surface area contributed by atoms with E-state index < -0.39 is 0 Å². The quantitative estimate of drug-likeness (QED) is 0.709. The smallest absolute Gasteiger partial charge is 0.239 e. The summed E-state index contributed by atoms with van der Waals surface area (Å²) < 4.78 is 0. The molecule has 1 aromatic heterocycles. The molecule has 0 fully saturated rings. The molecule has 0 spiro atoms. The molecule has 1 rings (SSSR count).